The molecule has 10 aromatic rings. The monoisotopic (exact) mass is 643 g/mol. The van der Waals surface area contributed by atoms with Gasteiger partial charge in [0.15, 0.2) is 0 Å². The van der Waals surface area contributed by atoms with E-state index in [0.717, 1.165) is 33.3 Å². The molecule has 10 rings (SSSR count). The van der Waals surface area contributed by atoms with Crippen LogP contribution in [-0.4, -0.2) is 0 Å². The predicted octanol–water partition coefficient (Wildman–Crippen LogP) is 13.9. The van der Waals surface area contributed by atoms with Crippen LogP contribution in [0.15, 0.2) is 180 Å². The van der Waals surface area contributed by atoms with Gasteiger partial charge in [-0.1, -0.05) is 133 Å². The first-order chi connectivity index (χ1) is 24.3. The Bertz CT molecular complexity index is 2830. The number of thiophene rings is 1. The maximum absolute atomic E-state index is 6.47. The molecule has 49 heavy (non-hydrogen) atoms. The Morgan fingerprint density at radius 2 is 1.14 bits per heavy atom. The van der Waals surface area contributed by atoms with Crippen molar-refractivity contribution in [2.75, 3.05) is 4.90 Å². The van der Waals surface area contributed by atoms with Gasteiger partial charge < -0.3 is 9.32 Å². The first kappa shape index (κ1) is 27.9. The Labute approximate surface area is 287 Å². The molecule has 0 spiro atoms. The van der Waals surface area contributed by atoms with Crippen LogP contribution in [0.3, 0.4) is 0 Å². The lowest BCUT2D eigenvalue weighted by atomic mass is 9.97. The Kier molecular flexibility index (Phi) is 6.39. The summed E-state index contributed by atoms with van der Waals surface area (Å²) in [5.41, 5.74) is 9.92. The number of benzene rings is 8. The minimum absolute atomic E-state index is 0.877. The smallest absolute Gasteiger partial charge is 0.137 e. The molecule has 0 fully saturated rings. The molecule has 230 valence electrons. The van der Waals surface area contributed by atoms with E-state index in [1.165, 1.54) is 58.9 Å². The highest BCUT2D eigenvalue weighted by Crippen LogP contribution is 2.52. The number of nitrogens with zero attached hydrogens (tertiary/aromatic N) is 1. The zero-order valence-corrected chi connectivity index (χ0v) is 27.3. The van der Waals surface area contributed by atoms with Gasteiger partial charge in [-0.05, 0) is 69.9 Å². The summed E-state index contributed by atoms with van der Waals surface area (Å²) in [5.74, 6) is 0. The quantitative estimate of drug-likeness (QED) is 0.186. The van der Waals surface area contributed by atoms with E-state index >= 15 is 0 Å². The maximum atomic E-state index is 6.47. The van der Waals surface area contributed by atoms with Gasteiger partial charge in [-0.15, -0.1) is 11.3 Å². The van der Waals surface area contributed by atoms with E-state index in [1.54, 1.807) is 0 Å². The van der Waals surface area contributed by atoms with Crippen LogP contribution in [0.1, 0.15) is 0 Å². The number of anilines is 3. The normalized spacial score (nSPS) is 11.7. The molecule has 2 aromatic heterocycles. The Hall–Kier alpha value is -6.16. The van der Waals surface area contributed by atoms with Crippen LogP contribution in [-0.2, 0) is 0 Å². The van der Waals surface area contributed by atoms with Gasteiger partial charge in [-0.2, -0.15) is 0 Å². The van der Waals surface area contributed by atoms with Crippen LogP contribution in [0, 0.1) is 0 Å². The molecule has 0 radical (unpaired) electrons. The van der Waals surface area contributed by atoms with Crippen LogP contribution >= 0.6 is 11.3 Å². The Morgan fingerprint density at radius 1 is 0.449 bits per heavy atom. The molecule has 0 aliphatic carbocycles. The summed E-state index contributed by atoms with van der Waals surface area (Å²) in [4.78, 5) is 2.48. The van der Waals surface area contributed by atoms with E-state index in [-0.39, 0.29) is 0 Å². The lowest BCUT2D eigenvalue weighted by Gasteiger charge is -2.29. The molecule has 0 N–H and O–H groups in total. The van der Waals surface area contributed by atoms with Gasteiger partial charge in [-0.25, -0.2) is 0 Å². The molecule has 0 aliphatic heterocycles. The van der Waals surface area contributed by atoms with Gasteiger partial charge in [0.05, 0.1) is 21.5 Å². The molecule has 3 heteroatoms. The van der Waals surface area contributed by atoms with Crippen molar-refractivity contribution in [1.29, 1.82) is 0 Å². The second-order valence-corrected chi connectivity index (χ2v) is 13.6. The highest BCUT2D eigenvalue weighted by atomic mass is 32.1. The molecule has 2 heterocycles. The first-order valence-corrected chi connectivity index (χ1v) is 17.4. The van der Waals surface area contributed by atoms with Crippen molar-refractivity contribution >= 4 is 81.3 Å². The van der Waals surface area contributed by atoms with Crippen LogP contribution in [0.2, 0.25) is 0 Å². The summed E-state index contributed by atoms with van der Waals surface area (Å²) in [6.45, 7) is 0. The Morgan fingerprint density at radius 3 is 2.00 bits per heavy atom. The molecule has 2 nitrogen and oxygen atoms in total. The SMILES string of the molecule is c1ccc(-c2ccc3cc(N(c4c(-c5ccccc5)ccc5c4sc4ccccc45)c4cccc5oc6ccccc6c45)ccc3c2)cc1. The summed E-state index contributed by atoms with van der Waals surface area (Å²) >= 11 is 1.86. The summed E-state index contributed by atoms with van der Waals surface area (Å²) < 4.78 is 9.00. The third-order valence-corrected chi connectivity index (χ3v) is 10.8. The zero-order valence-electron chi connectivity index (χ0n) is 26.5. The Balaban J connectivity index is 1.31. The van der Waals surface area contributed by atoms with Gasteiger partial charge >= 0.3 is 0 Å². The number of furan rings is 1. The highest BCUT2D eigenvalue weighted by molar-refractivity contribution is 7.26. The zero-order chi connectivity index (χ0) is 32.3. The first-order valence-electron chi connectivity index (χ1n) is 16.6. The third-order valence-electron chi connectivity index (χ3n) is 9.64. The summed E-state index contributed by atoms with van der Waals surface area (Å²) in [5, 5.41) is 7.16. The van der Waals surface area contributed by atoms with Gasteiger partial charge in [0.1, 0.15) is 11.2 Å². The van der Waals surface area contributed by atoms with E-state index in [4.69, 9.17) is 4.42 Å². The van der Waals surface area contributed by atoms with Gasteiger partial charge in [0.2, 0.25) is 0 Å². The van der Waals surface area contributed by atoms with Crippen molar-refractivity contribution in [2.45, 2.75) is 0 Å². The molecule has 0 bridgehead atoms. The molecular formula is C46H29NOS. The molecule has 0 amide bonds. The molecule has 0 unspecified atom stereocenters. The van der Waals surface area contributed by atoms with Crippen molar-refractivity contribution in [3.8, 4) is 22.3 Å². The minimum atomic E-state index is 0.877. The number of hydrogen-bond donors (Lipinski definition) is 0. The molecule has 0 aliphatic rings. The highest BCUT2D eigenvalue weighted by Gasteiger charge is 2.25. The molecule has 0 saturated heterocycles. The minimum Gasteiger partial charge on any atom is -0.456 e. The van der Waals surface area contributed by atoms with Crippen molar-refractivity contribution < 1.29 is 4.42 Å². The maximum Gasteiger partial charge on any atom is 0.137 e. The van der Waals surface area contributed by atoms with Crippen LogP contribution < -0.4 is 4.90 Å². The van der Waals surface area contributed by atoms with Crippen LogP contribution in [0.4, 0.5) is 17.1 Å². The van der Waals surface area contributed by atoms with E-state index in [0.29, 0.717) is 0 Å². The summed E-state index contributed by atoms with van der Waals surface area (Å²) in [6.07, 6.45) is 0. The predicted molar refractivity (Wildman–Crippen MR) is 210 cm³/mol. The average Bonchev–Trinajstić information content (AvgIpc) is 3.75. The lowest BCUT2D eigenvalue weighted by molar-refractivity contribution is 0.669. The van der Waals surface area contributed by atoms with Gasteiger partial charge in [0, 0.05) is 32.1 Å². The van der Waals surface area contributed by atoms with Crippen molar-refractivity contribution in [3.63, 3.8) is 0 Å². The molecule has 0 atom stereocenters. The second-order valence-electron chi connectivity index (χ2n) is 12.5. The van der Waals surface area contributed by atoms with E-state index in [9.17, 15) is 0 Å². The third kappa shape index (κ3) is 4.55. The van der Waals surface area contributed by atoms with Gasteiger partial charge in [0.25, 0.3) is 0 Å². The van der Waals surface area contributed by atoms with Crippen molar-refractivity contribution in [1.82, 2.24) is 0 Å². The number of para-hydroxylation sites is 1. The van der Waals surface area contributed by atoms with Gasteiger partial charge in [-0.3, -0.25) is 0 Å². The number of hydrogen-bond acceptors (Lipinski definition) is 3. The molecular weight excluding hydrogens is 615 g/mol. The standard InChI is InChI=1S/C46H29NOS/c1-3-12-30(13-4-1)32-22-23-34-29-35(25-24-33(34)28-32)47(40-18-11-20-42-44(40)39-17-7-9-19-41(39)48-42)45-36(31-14-5-2-6-15-31)26-27-38-37-16-8-10-21-43(37)49-46(38)45/h1-29H. The topological polar surface area (TPSA) is 16.4 Å². The van der Waals surface area contributed by atoms with E-state index in [1.807, 2.05) is 17.4 Å². The fourth-order valence-electron chi connectivity index (χ4n) is 7.36. The molecule has 8 aromatic carbocycles. The van der Waals surface area contributed by atoms with Crippen molar-refractivity contribution in [2.24, 2.45) is 0 Å². The number of fused-ring (bicyclic) bond motifs is 7. The van der Waals surface area contributed by atoms with Crippen molar-refractivity contribution in [3.05, 3.63) is 176 Å². The largest absolute Gasteiger partial charge is 0.456 e. The van der Waals surface area contributed by atoms with E-state index in [2.05, 4.69) is 175 Å². The van der Waals surface area contributed by atoms with Crippen LogP contribution in [0.25, 0.3) is 75.1 Å². The fraction of sp³-hybridized carbons (Fsp3) is 0. The number of rotatable bonds is 5. The second kappa shape index (κ2) is 11.2. The average molecular weight is 644 g/mol. The van der Waals surface area contributed by atoms with Crippen LogP contribution in [0.5, 0.6) is 0 Å². The lowest BCUT2D eigenvalue weighted by Crippen LogP contribution is -2.12. The summed E-state index contributed by atoms with van der Waals surface area (Å²) in [7, 11) is 0. The van der Waals surface area contributed by atoms with E-state index < -0.39 is 0 Å². The molecule has 0 saturated carbocycles. The fourth-order valence-corrected chi connectivity index (χ4v) is 8.60. The summed E-state index contributed by atoms with van der Waals surface area (Å²) in [6, 6.07) is 63.2.